The Hall–Kier alpha value is -3.52. The van der Waals surface area contributed by atoms with Gasteiger partial charge in [-0.25, -0.2) is 0 Å². The van der Waals surface area contributed by atoms with Crippen LogP contribution < -0.4 is 15.4 Å². The van der Waals surface area contributed by atoms with Crippen molar-refractivity contribution in [2.75, 3.05) is 12.0 Å². The summed E-state index contributed by atoms with van der Waals surface area (Å²) in [4.78, 5) is 15.0. The lowest BCUT2D eigenvalue weighted by Gasteiger charge is -2.39. The van der Waals surface area contributed by atoms with Gasteiger partial charge in [0.25, 0.3) is 0 Å². The molecule has 1 aliphatic carbocycles. The Labute approximate surface area is 177 Å². The highest BCUT2D eigenvalue weighted by molar-refractivity contribution is 6.01. The molecule has 0 amide bonds. The molecule has 4 rings (SSSR count). The molecule has 1 aliphatic heterocycles. The van der Waals surface area contributed by atoms with Gasteiger partial charge in [0.15, 0.2) is 5.78 Å². The molecule has 0 bridgehead atoms. The predicted molar refractivity (Wildman–Crippen MR) is 117 cm³/mol. The second kappa shape index (κ2) is 8.08. The van der Waals surface area contributed by atoms with Gasteiger partial charge in [-0.2, -0.15) is 5.26 Å². The zero-order chi connectivity index (χ0) is 21.3. The highest BCUT2D eigenvalue weighted by Gasteiger charge is 2.40. The summed E-state index contributed by atoms with van der Waals surface area (Å²) in [5.74, 6) is 0.806. The molecular formula is C25H25N3O2. The molecule has 0 saturated heterocycles. The Morgan fingerprint density at radius 2 is 1.83 bits per heavy atom. The van der Waals surface area contributed by atoms with Crippen molar-refractivity contribution < 1.29 is 9.53 Å². The number of rotatable bonds is 4. The van der Waals surface area contributed by atoms with Crippen LogP contribution in [-0.4, -0.2) is 12.9 Å². The van der Waals surface area contributed by atoms with Crippen molar-refractivity contribution in [3.8, 4) is 11.8 Å². The van der Waals surface area contributed by atoms with E-state index >= 15 is 0 Å². The van der Waals surface area contributed by atoms with Gasteiger partial charge in [0.2, 0.25) is 0 Å². The molecule has 152 valence electrons. The van der Waals surface area contributed by atoms with Gasteiger partial charge < -0.3 is 10.5 Å². The minimum atomic E-state index is -0.418. The van der Waals surface area contributed by atoms with Crippen LogP contribution in [0.4, 0.5) is 5.69 Å². The van der Waals surface area contributed by atoms with Gasteiger partial charge in [0.05, 0.1) is 24.7 Å². The minimum absolute atomic E-state index is 0.0968. The van der Waals surface area contributed by atoms with Crippen LogP contribution in [0.15, 0.2) is 71.2 Å². The first-order chi connectivity index (χ1) is 14.6. The number of nitrogens with two attached hydrogens (primary N) is 1. The Morgan fingerprint density at radius 1 is 1.13 bits per heavy atom. The number of ketones is 1. The Balaban J connectivity index is 1.90. The van der Waals surface area contributed by atoms with Gasteiger partial charge in [0, 0.05) is 23.4 Å². The van der Waals surface area contributed by atoms with Crippen LogP contribution in [0.3, 0.4) is 0 Å². The van der Waals surface area contributed by atoms with E-state index in [-0.39, 0.29) is 5.78 Å². The third-order valence-electron chi connectivity index (χ3n) is 5.97. The van der Waals surface area contributed by atoms with Gasteiger partial charge in [-0.3, -0.25) is 9.69 Å². The third kappa shape index (κ3) is 3.25. The summed E-state index contributed by atoms with van der Waals surface area (Å²) in [6.07, 6.45) is 2.96. The molecule has 30 heavy (non-hydrogen) atoms. The van der Waals surface area contributed by atoms with Crippen molar-refractivity contribution in [3.05, 3.63) is 82.3 Å². The average molecular weight is 399 g/mol. The number of benzene rings is 2. The number of hydrogen-bond donors (Lipinski definition) is 1. The molecule has 2 aliphatic rings. The number of nitriles is 1. The molecule has 0 saturated carbocycles. The highest BCUT2D eigenvalue weighted by Crippen LogP contribution is 2.46. The van der Waals surface area contributed by atoms with Crippen molar-refractivity contribution in [1.82, 2.24) is 0 Å². The van der Waals surface area contributed by atoms with E-state index in [0.29, 0.717) is 23.4 Å². The number of carbonyl (C=O) groups is 1. The number of methoxy groups -OCH3 is 1. The summed E-state index contributed by atoms with van der Waals surface area (Å²) in [5, 5.41) is 10.0. The van der Waals surface area contributed by atoms with E-state index in [0.717, 1.165) is 42.0 Å². The maximum absolute atomic E-state index is 13.1. The number of carbonyl (C=O) groups excluding carboxylic acids is 1. The Bertz CT molecular complexity index is 1070. The maximum Gasteiger partial charge on any atom is 0.161 e. The van der Waals surface area contributed by atoms with Crippen LogP contribution in [0.25, 0.3) is 0 Å². The van der Waals surface area contributed by atoms with E-state index in [9.17, 15) is 10.1 Å². The van der Waals surface area contributed by atoms with Crippen molar-refractivity contribution >= 4 is 11.5 Å². The monoisotopic (exact) mass is 399 g/mol. The molecule has 0 aromatic heterocycles. The number of ether oxygens (including phenoxy) is 1. The lowest BCUT2D eigenvalue weighted by Crippen LogP contribution is -2.38. The van der Waals surface area contributed by atoms with Gasteiger partial charge in [0.1, 0.15) is 11.6 Å². The zero-order valence-corrected chi connectivity index (χ0v) is 17.3. The average Bonchev–Trinajstić information content (AvgIpc) is 2.79. The topological polar surface area (TPSA) is 79.3 Å². The van der Waals surface area contributed by atoms with Gasteiger partial charge >= 0.3 is 0 Å². The molecule has 2 aromatic rings. The van der Waals surface area contributed by atoms with Crippen LogP contribution in [-0.2, 0) is 11.2 Å². The molecule has 0 unspecified atom stereocenters. The summed E-state index contributed by atoms with van der Waals surface area (Å²) in [6, 6.07) is 18.0. The summed E-state index contributed by atoms with van der Waals surface area (Å²) < 4.78 is 5.26. The Morgan fingerprint density at radius 3 is 2.43 bits per heavy atom. The predicted octanol–water partition coefficient (Wildman–Crippen LogP) is 4.56. The van der Waals surface area contributed by atoms with Crippen LogP contribution in [0.5, 0.6) is 5.75 Å². The fraction of sp³-hybridized carbons (Fsp3) is 0.280. The molecule has 5 nitrogen and oxygen atoms in total. The third-order valence-corrected chi connectivity index (χ3v) is 5.97. The SMILES string of the molecule is CCc1ccc([C@@H]2C(C#N)=C(N)N(c3ccc(OC)cc3)C3=C2C(=O)CCC3)cc1. The number of aryl methyl sites for hydroxylation is 1. The van der Waals surface area contributed by atoms with Gasteiger partial charge in [-0.15, -0.1) is 0 Å². The fourth-order valence-electron chi connectivity index (χ4n) is 4.39. The van der Waals surface area contributed by atoms with Crippen molar-refractivity contribution in [2.45, 2.75) is 38.5 Å². The summed E-state index contributed by atoms with van der Waals surface area (Å²) in [5.41, 5.74) is 11.6. The molecule has 0 spiro atoms. The molecule has 2 N–H and O–H groups in total. The lowest BCUT2D eigenvalue weighted by molar-refractivity contribution is -0.116. The number of anilines is 1. The zero-order valence-electron chi connectivity index (χ0n) is 17.3. The van der Waals surface area contributed by atoms with Crippen molar-refractivity contribution in [3.63, 3.8) is 0 Å². The van der Waals surface area contributed by atoms with E-state index in [1.54, 1.807) is 7.11 Å². The van der Waals surface area contributed by atoms with Gasteiger partial charge in [-0.1, -0.05) is 31.2 Å². The number of hydrogen-bond acceptors (Lipinski definition) is 5. The van der Waals surface area contributed by atoms with Crippen LogP contribution in [0.1, 0.15) is 43.2 Å². The first kappa shape index (κ1) is 19.8. The second-order valence-electron chi connectivity index (χ2n) is 7.61. The standard InChI is InChI=1S/C25H25N3O2/c1-3-16-7-9-17(10-8-16)23-20(15-26)25(27)28(18-11-13-19(30-2)14-12-18)21-5-4-6-22(29)24(21)23/h7-14,23H,3-6,27H2,1-2H3/t23-/m1/s1. The Kier molecular flexibility index (Phi) is 5.33. The van der Waals surface area contributed by atoms with E-state index in [1.807, 2.05) is 41.3 Å². The summed E-state index contributed by atoms with van der Waals surface area (Å²) in [6.45, 7) is 2.10. The quantitative estimate of drug-likeness (QED) is 0.815. The van der Waals surface area contributed by atoms with Crippen LogP contribution in [0.2, 0.25) is 0 Å². The molecule has 5 heteroatoms. The molecule has 2 aromatic carbocycles. The number of allylic oxidation sites excluding steroid dienone is 3. The lowest BCUT2D eigenvalue weighted by atomic mass is 9.75. The van der Waals surface area contributed by atoms with Crippen molar-refractivity contribution in [2.24, 2.45) is 5.73 Å². The largest absolute Gasteiger partial charge is 0.497 e. The van der Waals surface area contributed by atoms with Crippen LogP contribution in [0, 0.1) is 11.3 Å². The van der Waals surface area contributed by atoms with Crippen molar-refractivity contribution in [1.29, 1.82) is 5.26 Å². The molecule has 0 fully saturated rings. The normalized spacial score (nSPS) is 18.9. The molecular weight excluding hydrogens is 374 g/mol. The molecule has 1 heterocycles. The van der Waals surface area contributed by atoms with E-state index in [4.69, 9.17) is 10.5 Å². The first-order valence-corrected chi connectivity index (χ1v) is 10.3. The molecule has 1 atom stereocenters. The fourth-order valence-corrected chi connectivity index (χ4v) is 4.39. The van der Waals surface area contributed by atoms with E-state index < -0.39 is 5.92 Å². The van der Waals surface area contributed by atoms with Crippen LogP contribution >= 0.6 is 0 Å². The summed E-state index contributed by atoms with van der Waals surface area (Å²) in [7, 11) is 1.62. The smallest absolute Gasteiger partial charge is 0.161 e. The highest BCUT2D eigenvalue weighted by atomic mass is 16.5. The minimum Gasteiger partial charge on any atom is -0.497 e. The summed E-state index contributed by atoms with van der Waals surface area (Å²) >= 11 is 0. The first-order valence-electron chi connectivity index (χ1n) is 10.3. The number of Topliss-reactive ketones (excluding diaryl/α,β-unsaturated/α-hetero) is 1. The van der Waals surface area contributed by atoms with E-state index in [2.05, 4.69) is 25.1 Å². The number of nitrogens with zero attached hydrogens (tertiary/aromatic N) is 2. The van der Waals surface area contributed by atoms with Gasteiger partial charge in [-0.05, 0) is 54.7 Å². The molecule has 0 radical (unpaired) electrons. The maximum atomic E-state index is 13.1. The van der Waals surface area contributed by atoms with E-state index in [1.165, 1.54) is 5.56 Å². The second-order valence-corrected chi connectivity index (χ2v) is 7.61.